The van der Waals surface area contributed by atoms with E-state index in [1.165, 1.54) is 24.0 Å². The third kappa shape index (κ3) is 4.94. The Balaban J connectivity index is 1.75. The van der Waals surface area contributed by atoms with Crippen LogP contribution in [0.3, 0.4) is 0 Å². The van der Waals surface area contributed by atoms with Crippen LogP contribution >= 0.6 is 0 Å². The standard InChI is InChI=1S/C16H26N2O/c1-16(19,12-18(2)3)11-17-10-13-4-6-14(7-5-13)15-8-9-15/h4-7,15,17,19H,8-12H2,1-3H3. The molecular weight excluding hydrogens is 236 g/mol. The summed E-state index contributed by atoms with van der Waals surface area (Å²) in [6, 6.07) is 8.88. The Morgan fingerprint density at radius 2 is 1.89 bits per heavy atom. The highest BCUT2D eigenvalue weighted by Crippen LogP contribution is 2.39. The van der Waals surface area contributed by atoms with E-state index in [-0.39, 0.29) is 0 Å². The first-order valence-electron chi connectivity index (χ1n) is 7.13. The molecule has 0 radical (unpaired) electrons. The average Bonchev–Trinajstić information content (AvgIpc) is 3.11. The van der Waals surface area contributed by atoms with E-state index >= 15 is 0 Å². The lowest BCUT2D eigenvalue weighted by Crippen LogP contribution is -2.45. The van der Waals surface area contributed by atoms with Crippen molar-refractivity contribution in [2.45, 2.75) is 37.8 Å². The van der Waals surface area contributed by atoms with Crippen LogP contribution in [0.4, 0.5) is 0 Å². The highest BCUT2D eigenvalue weighted by molar-refractivity contribution is 5.27. The van der Waals surface area contributed by atoms with Gasteiger partial charge >= 0.3 is 0 Å². The molecular formula is C16H26N2O. The van der Waals surface area contributed by atoms with E-state index in [0.717, 1.165) is 12.5 Å². The number of likely N-dealkylation sites (N-methyl/N-ethyl adjacent to an activating group) is 1. The third-order valence-electron chi connectivity index (χ3n) is 3.52. The summed E-state index contributed by atoms with van der Waals surface area (Å²) in [7, 11) is 3.95. The van der Waals surface area contributed by atoms with Gasteiger partial charge in [0.2, 0.25) is 0 Å². The Morgan fingerprint density at radius 3 is 2.42 bits per heavy atom. The van der Waals surface area contributed by atoms with Crippen LogP contribution in [0.5, 0.6) is 0 Å². The van der Waals surface area contributed by atoms with E-state index in [2.05, 4.69) is 29.6 Å². The zero-order chi connectivity index (χ0) is 13.9. The molecule has 106 valence electrons. The molecule has 1 saturated carbocycles. The first kappa shape index (κ1) is 14.5. The molecule has 1 aromatic carbocycles. The molecule has 0 saturated heterocycles. The van der Waals surface area contributed by atoms with Crippen LogP contribution in [0, 0.1) is 0 Å². The molecule has 2 rings (SSSR count). The van der Waals surface area contributed by atoms with E-state index in [4.69, 9.17) is 0 Å². The molecule has 0 heterocycles. The predicted molar refractivity (Wildman–Crippen MR) is 79.3 cm³/mol. The van der Waals surface area contributed by atoms with Gasteiger partial charge in [0.05, 0.1) is 5.60 Å². The van der Waals surface area contributed by atoms with Gasteiger partial charge in [-0.3, -0.25) is 0 Å². The van der Waals surface area contributed by atoms with Gasteiger partial charge in [0.1, 0.15) is 0 Å². The molecule has 1 aliphatic carbocycles. The normalized spacial score (nSPS) is 18.6. The van der Waals surface area contributed by atoms with Gasteiger partial charge in [0.15, 0.2) is 0 Å². The van der Waals surface area contributed by atoms with Crippen molar-refractivity contribution in [2.24, 2.45) is 0 Å². The first-order chi connectivity index (χ1) is 8.96. The van der Waals surface area contributed by atoms with Gasteiger partial charge in [-0.15, -0.1) is 0 Å². The van der Waals surface area contributed by atoms with E-state index < -0.39 is 5.60 Å². The van der Waals surface area contributed by atoms with Crippen molar-refractivity contribution >= 4 is 0 Å². The molecule has 0 bridgehead atoms. The molecule has 2 N–H and O–H groups in total. The van der Waals surface area contributed by atoms with Crippen LogP contribution in [-0.4, -0.2) is 42.8 Å². The van der Waals surface area contributed by atoms with E-state index in [1.807, 2.05) is 25.9 Å². The van der Waals surface area contributed by atoms with Gasteiger partial charge in [0.25, 0.3) is 0 Å². The summed E-state index contributed by atoms with van der Waals surface area (Å²) >= 11 is 0. The highest BCUT2D eigenvalue weighted by atomic mass is 16.3. The maximum atomic E-state index is 10.2. The van der Waals surface area contributed by atoms with Crippen LogP contribution in [-0.2, 0) is 6.54 Å². The van der Waals surface area contributed by atoms with Crippen LogP contribution in [0.1, 0.15) is 36.8 Å². The zero-order valence-corrected chi connectivity index (χ0v) is 12.3. The fraction of sp³-hybridized carbons (Fsp3) is 0.625. The van der Waals surface area contributed by atoms with Gasteiger partial charge in [-0.2, -0.15) is 0 Å². The van der Waals surface area contributed by atoms with Crippen molar-refractivity contribution in [1.82, 2.24) is 10.2 Å². The number of rotatable bonds is 7. The van der Waals surface area contributed by atoms with Gasteiger partial charge in [-0.1, -0.05) is 24.3 Å². The van der Waals surface area contributed by atoms with E-state index in [0.29, 0.717) is 13.1 Å². The zero-order valence-electron chi connectivity index (χ0n) is 12.3. The van der Waals surface area contributed by atoms with Crippen LogP contribution in [0.2, 0.25) is 0 Å². The lowest BCUT2D eigenvalue weighted by Gasteiger charge is -2.27. The SMILES string of the molecule is CN(C)CC(C)(O)CNCc1ccc(C2CC2)cc1. The Bertz CT molecular complexity index is 394. The highest BCUT2D eigenvalue weighted by Gasteiger charge is 2.23. The second-order valence-corrected chi connectivity index (χ2v) is 6.35. The molecule has 0 aromatic heterocycles. The van der Waals surface area contributed by atoms with Crippen LogP contribution in [0.15, 0.2) is 24.3 Å². The van der Waals surface area contributed by atoms with E-state index in [9.17, 15) is 5.11 Å². The van der Waals surface area contributed by atoms with Gasteiger partial charge < -0.3 is 15.3 Å². The Hall–Kier alpha value is -0.900. The molecule has 1 unspecified atom stereocenters. The summed E-state index contributed by atoms with van der Waals surface area (Å²) in [4.78, 5) is 2.01. The summed E-state index contributed by atoms with van der Waals surface area (Å²) in [6.07, 6.45) is 2.70. The topological polar surface area (TPSA) is 35.5 Å². The third-order valence-corrected chi connectivity index (χ3v) is 3.52. The molecule has 3 nitrogen and oxygen atoms in total. The van der Waals surface area contributed by atoms with Crippen molar-refractivity contribution in [3.8, 4) is 0 Å². The van der Waals surface area contributed by atoms with Gasteiger partial charge in [-0.25, -0.2) is 0 Å². The van der Waals surface area contributed by atoms with Crippen molar-refractivity contribution in [3.05, 3.63) is 35.4 Å². The second kappa shape index (κ2) is 6.04. The summed E-state index contributed by atoms with van der Waals surface area (Å²) < 4.78 is 0. The Kier molecular flexibility index (Phi) is 4.61. The quantitative estimate of drug-likeness (QED) is 0.788. The number of hydrogen-bond acceptors (Lipinski definition) is 3. The van der Waals surface area contributed by atoms with Gasteiger partial charge in [-0.05, 0) is 50.9 Å². The summed E-state index contributed by atoms with van der Waals surface area (Å²) in [5.41, 5.74) is 2.07. The molecule has 1 fully saturated rings. The lowest BCUT2D eigenvalue weighted by molar-refractivity contribution is 0.0336. The number of nitrogens with zero attached hydrogens (tertiary/aromatic N) is 1. The summed E-state index contributed by atoms with van der Waals surface area (Å²) in [6.45, 7) is 3.96. The first-order valence-corrected chi connectivity index (χ1v) is 7.13. The van der Waals surface area contributed by atoms with Crippen molar-refractivity contribution in [1.29, 1.82) is 0 Å². The smallest absolute Gasteiger partial charge is 0.0869 e. The minimum absolute atomic E-state index is 0.607. The van der Waals surface area contributed by atoms with Crippen LogP contribution < -0.4 is 5.32 Å². The Labute approximate surface area is 116 Å². The Morgan fingerprint density at radius 1 is 1.26 bits per heavy atom. The maximum absolute atomic E-state index is 10.2. The number of hydrogen-bond donors (Lipinski definition) is 2. The maximum Gasteiger partial charge on any atom is 0.0869 e. The molecule has 1 atom stereocenters. The molecule has 0 amide bonds. The van der Waals surface area contributed by atoms with Gasteiger partial charge in [0, 0.05) is 19.6 Å². The summed E-state index contributed by atoms with van der Waals surface area (Å²) in [5.74, 6) is 0.822. The minimum atomic E-state index is -0.683. The number of benzene rings is 1. The number of aliphatic hydroxyl groups is 1. The van der Waals surface area contributed by atoms with Crippen molar-refractivity contribution in [2.75, 3.05) is 27.2 Å². The minimum Gasteiger partial charge on any atom is -0.388 e. The van der Waals surface area contributed by atoms with Crippen molar-refractivity contribution < 1.29 is 5.11 Å². The lowest BCUT2D eigenvalue weighted by atomic mass is 10.1. The molecule has 0 aliphatic heterocycles. The monoisotopic (exact) mass is 262 g/mol. The fourth-order valence-corrected chi connectivity index (χ4v) is 2.54. The largest absolute Gasteiger partial charge is 0.388 e. The molecule has 3 heteroatoms. The second-order valence-electron chi connectivity index (χ2n) is 6.35. The van der Waals surface area contributed by atoms with Crippen molar-refractivity contribution in [3.63, 3.8) is 0 Å². The number of nitrogens with one attached hydrogen (secondary N) is 1. The fourth-order valence-electron chi connectivity index (χ4n) is 2.54. The van der Waals surface area contributed by atoms with E-state index in [1.54, 1.807) is 0 Å². The molecule has 1 aliphatic rings. The van der Waals surface area contributed by atoms with Crippen LogP contribution in [0.25, 0.3) is 0 Å². The molecule has 1 aromatic rings. The predicted octanol–water partition coefficient (Wildman–Crippen LogP) is 1.97. The molecule has 0 spiro atoms. The summed E-state index contributed by atoms with van der Waals surface area (Å²) in [5, 5.41) is 13.5. The average molecular weight is 262 g/mol. The molecule has 19 heavy (non-hydrogen) atoms.